The second-order valence-electron chi connectivity index (χ2n) is 12.5. The van der Waals surface area contributed by atoms with Crippen LogP contribution in [0.3, 0.4) is 0 Å². The van der Waals surface area contributed by atoms with Gasteiger partial charge in [0.15, 0.2) is 5.75 Å². The van der Waals surface area contributed by atoms with Crippen LogP contribution in [-0.4, -0.2) is 0 Å². The van der Waals surface area contributed by atoms with Crippen LogP contribution < -0.4 is 9.64 Å². The molecule has 0 unspecified atom stereocenters. The fourth-order valence-corrected chi connectivity index (χ4v) is 7.13. The molecule has 50 heavy (non-hydrogen) atoms. The van der Waals surface area contributed by atoms with Crippen LogP contribution in [0.1, 0.15) is 0 Å². The molecule has 1 aliphatic heterocycles. The van der Waals surface area contributed by atoms with Gasteiger partial charge in [-0.25, -0.2) is 0 Å². The summed E-state index contributed by atoms with van der Waals surface area (Å²) in [5.74, 6) is 1.65. The molecule has 0 saturated heterocycles. The third-order valence-electron chi connectivity index (χ3n) is 9.49. The summed E-state index contributed by atoms with van der Waals surface area (Å²) in [5, 5.41) is 0. The summed E-state index contributed by atoms with van der Waals surface area (Å²) in [6, 6.07) is 70.9. The lowest BCUT2D eigenvalue weighted by molar-refractivity contribution is 0.489. The van der Waals surface area contributed by atoms with Crippen LogP contribution in [0.25, 0.3) is 55.6 Å². The first-order valence-electron chi connectivity index (χ1n) is 17.0. The van der Waals surface area contributed by atoms with Crippen LogP contribution in [0.15, 0.2) is 200 Å². The van der Waals surface area contributed by atoms with E-state index in [-0.39, 0.29) is 0 Å². The van der Waals surface area contributed by atoms with Crippen molar-refractivity contribution in [3.8, 4) is 67.1 Å². The van der Waals surface area contributed by atoms with Gasteiger partial charge in [0.05, 0.1) is 5.69 Å². The van der Waals surface area contributed by atoms with E-state index in [4.69, 9.17) is 4.74 Å². The van der Waals surface area contributed by atoms with Crippen molar-refractivity contribution in [3.05, 3.63) is 200 Å². The molecule has 0 atom stereocenters. The monoisotopic (exact) mass is 639 g/mol. The van der Waals surface area contributed by atoms with Crippen LogP contribution in [-0.2, 0) is 0 Å². The highest BCUT2D eigenvalue weighted by Crippen LogP contribution is 2.54. The Morgan fingerprint density at radius 2 is 0.840 bits per heavy atom. The van der Waals surface area contributed by atoms with Gasteiger partial charge in [0.25, 0.3) is 0 Å². The molecule has 1 heterocycles. The highest BCUT2D eigenvalue weighted by molar-refractivity contribution is 6.01. The SMILES string of the molecule is c1ccc(-c2ccc(N(c3cccc(-c4ccccc4)c3)c3cccc4c3Oc3ccccc3-c3cccc(-c5ccccc5)c3-4)cc2)cc1. The Hall–Kier alpha value is -6.64. The standard InChI is InChI=1S/C48H33NO/c1-4-15-34(16-5-1)36-29-31-39(32-30-36)49(40-22-12-21-38(33-40)35-17-6-2-7-18-35)45-27-14-26-44-47-41(37-19-8-3-9-20-37)24-13-25-43(47)42-23-10-11-28-46(42)50-48(44)45/h1-33H. The summed E-state index contributed by atoms with van der Waals surface area (Å²) < 4.78 is 7.10. The van der Waals surface area contributed by atoms with E-state index in [0.29, 0.717) is 0 Å². The number of para-hydroxylation sites is 2. The molecular formula is C48H33NO. The van der Waals surface area contributed by atoms with E-state index in [1.165, 1.54) is 27.8 Å². The van der Waals surface area contributed by atoms with Gasteiger partial charge in [-0.3, -0.25) is 0 Å². The molecule has 0 bridgehead atoms. The summed E-state index contributed by atoms with van der Waals surface area (Å²) in [5.41, 5.74) is 14.5. The predicted molar refractivity (Wildman–Crippen MR) is 208 cm³/mol. The summed E-state index contributed by atoms with van der Waals surface area (Å²) in [4.78, 5) is 2.33. The lowest BCUT2D eigenvalue weighted by Crippen LogP contribution is -2.11. The van der Waals surface area contributed by atoms with E-state index >= 15 is 0 Å². The molecule has 236 valence electrons. The van der Waals surface area contributed by atoms with Crippen molar-refractivity contribution in [3.63, 3.8) is 0 Å². The predicted octanol–water partition coefficient (Wildman–Crippen LogP) is 13.6. The average molecular weight is 640 g/mol. The highest BCUT2D eigenvalue weighted by Gasteiger charge is 2.28. The Morgan fingerprint density at radius 1 is 0.320 bits per heavy atom. The molecule has 0 aromatic heterocycles. The first-order chi connectivity index (χ1) is 24.8. The quantitative estimate of drug-likeness (QED) is 0.179. The van der Waals surface area contributed by atoms with Crippen molar-refractivity contribution in [2.45, 2.75) is 0 Å². The van der Waals surface area contributed by atoms with Gasteiger partial charge >= 0.3 is 0 Å². The zero-order valence-corrected chi connectivity index (χ0v) is 27.4. The molecule has 0 N–H and O–H groups in total. The summed E-state index contributed by atoms with van der Waals surface area (Å²) in [6.07, 6.45) is 0. The van der Waals surface area contributed by atoms with E-state index < -0.39 is 0 Å². The van der Waals surface area contributed by atoms with E-state index in [0.717, 1.165) is 56.4 Å². The summed E-state index contributed by atoms with van der Waals surface area (Å²) in [6.45, 7) is 0. The Morgan fingerprint density at radius 3 is 1.58 bits per heavy atom. The lowest BCUT2D eigenvalue weighted by atomic mass is 9.87. The molecule has 0 amide bonds. The fraction of sp³-hybridized carbons (Fsp3) is 0. The zero-order chi connectivity index (χ0) is 33.3. The van der Waals surface area contributed by atoms with Crippen molar-refractivity contribution in [2.75, 3.05) is 4.90 Å². The molecule has 2 nitrogen and oxygen atoms in total. The fourth-order valence-electron chi connectivity index (χ4n) is 7.13. The number of benzene rings is 8. The molecule has 9 rings (SSSR count). The Labute approximate surface area is 293 Å². The molecule has 1 aliphatic rings. The van der Waals surface area contributed by atoms with Gasteiger partial charge in [0, 0.05) is 28.1 Å². The molecule has 0 radical (unpaired) electrons. The Kier molecular flexibility index (Phi) is 7.53. The van der Waals surface area contributed by atoms with Gasteiger partial charge in [-0.2, -0.15) is 0 Å². The molecule has 0 saturated carbocycles. The van der Waals surface area contributed by atoms with Crippen LogP contribution >= 0.6 is 0 Å². The van der Waals surface area contributed by atoms with Crippen LogP contribution in [0.5, 0.6) is 11.5 Å². The first kappa shape index (κ1) is 29.5. The normalized spacial score (nSPS) is 11.4. The van der Waals surface area contributed by atoms with E-state index in [9.17, 15) is 0 Å². The molecule has 8 aromatic rings. The van der Waals surface area contributed by atoms with Crippen molar-refractivity contribution in [2.24, 2.45) is 0 Å². The molecule has 0 aliphatic carbocycles. The number of nitrogens with zero attached hydrogens (tertiary/aromatic N) is 1. The first-order valence-corrected chi connectivity index (χ1v) is 17.0. The maximum absolute atomic E-state index is 7.10. The minimum absolute atomic E-state index is 0.819. The smallest absolute Gasteiger partial charge is 0.159 e. The van der Waals surface area contributed by atoms with Gasteiger partial charge < -0.3 is 9.64 Å². The minimum Gasteiger partial charge on any atom is -0.454 e. The molecular weight excluding hydrogens is 607 g/mol. The third kappa shape index (κ3) is 5.34. The summed E-state index contributed by atoms with van der Waals surface area (Å²) >= 11 is 0. The highest BCUT2D eigenvalue weighted by atomic mass is 16.5. The molecule has 8 aromatic carbocycles. The number of fused-ring (bicyclic) bond motifs is 5. The maximum atomic E-state index is 7.10. The summed E-state index contributed by atoms with van der Waals surface area (Å²) in [7, 11) is 0. The number of ether oxygens (including phenoxy) is 1. The number of hydrogen-bond donors (Lipinski definition) is 0. The van der Waals surface area contributed by atoms with Crippen LogP contribution in [0, 0.1) is 0 Å². The van der Waals surface area contributed by atoms with Crippen LogP contribution in [0.2, 0.25) is 0 Å². The van der Waals surface area contributed by atoms with Gasteiger partial charge in [0.1, 0.15) is 5.75 Å². The average Bonchev–Trinajstić information content (AvgIpc) is 3.34. The van der Waals surface area contributed by atoms with E-state index in [2.05, 4.69) is 205 Å². The van der Waals surface area contributed by atoms with Crippen molar-refractivity contribution < 1.29 is 4.74 Å². The number of hydrogen-bond acceptors (Lipinski definition) is 2. The second-order valence-corrected chi connectivity index (χ2v) is 12.5. The maximum Gasteiger partial charge on any atom is 0.159 e. The van der Waals surface area contributed by atoms with E-state index in [1.54, 1.807) is 0 Å². The van der Waals surface area contributed by atoms with Gasteiger partial charge in [0.2, 0.25) is 0 Å². The van der Waals surface area contributed by atoms with Crippen molar-refractivity contribution in [1.29, 1.82) is 0 Å². The van der Waals surface area contributed by atoms with Gasteiger partial charge in [-0.05, 0) is 75.3 Å². The van der Waals surface area contributed by atoms with E-state index in [1.807, 2.05) is 0 Å². The molecule has 2 heteroatoms. The molecule has 0 spiro atoms. The topological polar surface area (TPSA) is 12.5 Å². The number of anilines is 3. The number of rotatable bonds is 6. The van der Waals surface area contributed by atoms with Crippen LogP contribution in [0.4, 0.5) is 17.1 Å². The molecule has 0 fully saturated rings. The lowest BCUT2D eigenvalue weighted by Gasteiger charge is -2.29. The van der Waals surface area contributed by atoms with Crippen molar-refractivity contribution >= 4 is 17.1 Å². The van der Waals surface area contributed by atoms with Gasteiger partial charge in [-0.15, -0.1) is 0 Å². The Bertz CT molecular complexity index is 2430. The largest absolute Gasteiger partial charge is 0.454 e. The third-order valence-corrected chi connectivity index (χ3v) is 9.49. The minimum atomic E-state index is 0.819. The zero-order valence-electron chi connectivity index (χ0n) is 27.4. The Balaban J connectivity index is 1.29. The van der Waals surface area contributed by atoms with Gasteiger partial charge in [-0.1, -0.05) is 164 Å². The second kappa shape index (κ2) is 12.8. The van der Waals surface area contributed by atoms with Crippen molar-refractivity contribution in [1.82, 2.24) is 0 Å².